The summed E-state index contributed by atoms with van der Waals surface area (Å²) in [5.74, 6) is 0. The summed E-state index contributed by atoms with van der Waals surface area (Å²) >= 11 is 1.95. The van der Waals surface area contributed by atoms with E-state index >= 15 is 0 Å². The van der Waals surface area contributed by atoms with Crippen molar-refractivity contribution in [3.05, 3.63) is 18.0 Å². The Morgan fingerprint density at radius 1 is 1.44 bits per heavy atom. The van der Waals surface area contributed by atoms with Crippen molar-refractivity contribution in [2.75, 3.05) is 32.4 Å². The van der Waals surface area contributed by atoms with Gasteiger partial charge in [0.25, 0.3) is 0 Å². The molecule has 5 heteroatoms. The van der Waals surface area contributed by atoms with Gasteiger partial charge in [0.15, 0.2) is 0 Å². The van der Waals surface area contributed by atoms with Gasteiger partial charge < -0.3 is 10.6 Å². The molecule has 0 saturated carbocycles. The predicted molar refractivity (Wildman–Crippen MR) is 77.9 cm³/mol. The molecule has 1 saturated heterocycles. The molecule has 2 N–H and O–H groups in total. The van der Waals surface area contributed by atoms with Crippen molar-refractivity contribution in [2.24, 2.45) is 12.8 Å². The van der Waals surface area contributed by atoms with E-state index in [0.29, 0.717) is 4.75 Å². The first-order chi connectivity index (χ1) is 8.67. The maximum Gasteiger partial charge on any atom is 0.0522 e. The van der Waals surface area contributed by atoms with Gasteiger partial charge in [-0.15, -0.1) is 0 Å². The summed E-state index contributed by atoms with van der Waals surface area (Å²) in [6.07, 6.45) is 9.81. The first-order valence-electron chi connectivity index (χ1n) is 6.62. The van der Waals surface area contributed by atoms with Crippen LogP contribution < -0.4 is 5.73 Å². The van der Waals surface area contributed by atoms with Crippen molar-refractivity contribution in [3.63, 3.8) is 0 Å². The highest BCUT2D eigenvalue weighted by molar-refractivity contribution is 8.00. The van der Waals surface area contributed by atoms with Crippen LogP contribution in [0.4, 0.5) is 0 Å². The Morgan fingerprint density at radius 2 is 2.17 bits per heavy atom. The summed E-state index contributed by atoms with van der Waals surface area (Å²) in [6.45, 7) is 4.31. The van der Waals surface area contributed by atoms with E-state index in [0.717, 1.165) is 19.5 Å². The van der Waals surface area contributed by atoms with E-state index in [1.165, 1.54) is 31.5 Å². The second kappa shape index (κ2) is 6.08. The number of aryl methyl sites for hydroxylation is 1. The molecule has 0 amide bonds. The van der Waals surface area contributed by atoms with Crippen molar-refractivity contribution in [1.82, 2.24) is 14.7 Å². The molecule has 4 nitrogen and oxygen atoms in total. The third-order valence-electron chi connectivity index (χ3n) is 4.05. The number of hydrogen-bond donors (Lipinski definition) is 1. The van der Waals surface area contributed by atoms with Crippen LogP contribution in [-0.4, -0.2) is 51.9 Å². The van der Waals surface area contributed by atoms with Crippen LogP contribution in [0.3, 0.4) is 0 Å². The molecule has 1 aliphatic rings. The molecule has 102 valence electrons. The van der Waals surface area contributed by atoms with E-state index in [4.69, 9.17) is 5.73 Å². The summed E-state index contributed by atoms with van der Waals surface area (Å²) in [5, 5.41) is 4.21. The third-order valence-corrected chi connectivity index (χ3v) is 5.49. The first kappa shape index (κ1) is 13.9. The largest absolute Gasteiger partial charge is 0.329 e. The maximum atomic E-state index is 5.91. The van der Waals surface area contributed by atoms with Gasteiger partial charge in [0.2, 0.25) is 0 Å². The second-order valence-electron chi connectivity index (χ2n) is 5.21. The van der Waals surface area contributed by atoms with Crippen LogP contribution >= 0.6 is 11.8 Å². The molecule has 18 heavy (non-hydrogen) atoms. The van der Waals surface area contributed by atoms with Crippen molar-refractivity contribution >= 4 is 11.8 Å². The van der Waals surface area contributed by atoms with Crippen molar-refractivity contribution in [3.8, 4) is 0 Å². The van der Waals surface area contributed by atoms with Crippen LogP contribution in [0.2, 0.25) is 0 Å². The molecule has 2 rings (SSSR count). The van der Waals surface area contributed by atoms with Gasteiger partial charge >= 0.3 is 0 Å². The molecule has 0 spiro atoms. The zero-order chi connectivity index (χ0) is 13.0. The van der Waals surface area contributed by atoms with E-state index in [1.54, 1.807) is 0 Å². The van der Waals surface area contributed by atoms with Crippen LogP contribution in [-0.2, 0) is 13.5 Å². The molecule has 1 aromatic rings. The molecule has 2 heterocycles. The van der Waals surface area contributed by atoms with Gasteiger partial charge in [-0.1, -0.05) is 0 Å². The van der Waals surface area contributed by atoms with Crippen LogP contribution in [0.25, 0.3) is 0 Å². The molecular weight excluding hydrogens is 244 g/mol. The second-order valence-corrected chi connectivity index (χ2v) is 6.48. The van der Waals surface area contributed by atoms with Crippen LogP contribution in [0.1, 0.15) is 18.4 Å². The van der Waals surface area contributed by atoms with Crippen molar-refractivity contribution in [1.29, 1.82) is 0 Å². The Labute approximate surface area is 114 Å². The van der Waals surface area contributed by atoms with Gasteiger partial charge in [-0.05, 0) is 44.2 Å². The van der Waals surface area contributed by atoms with Gasteiger partial charge in [0.1, 0.15) is 0 Å². The Morgan fingerprint density at radius 3 is 2.67 bits per heavy atom. The molecule has 0 unspecified atom stereocenters. The van der Waals surface area contributed by atoms with Crippen LogP contribution in [0.15, 0.2) is 12.4 Å². The molecule has 1 aromatic heterocycles. The fourth-order valence-electron chi connectivity index (χ4n) is 2.56. The number of likely N-dealkylation sites (tertiary alicyclic amines) is 1. The number of nitrogens with zero attached hydrogens (tertiary/aromatic N) is 3. The molecule has 0 aliphatic carbocycles. The first-order valence-corrected chi connectivity index (χ1v) is 7.85. The third kappa shape index (κ3) is 3.28. The highest BCUT2D eigenvalue weighted by atomic mass is 32.2. The van der Waals surface area contributed by atoms with Gasteiger partial charge in [0.05, 0.1) is 6.20 Å². The highest BCUT2D eigenvalue weighted by Gasteiger charge is 2.32. The van der Waals surface area contributed by atoms with E-state index < -0.39 is 0 Å². The molecule has 0 radical (unpaired) electrons. The maximum absolute atomic E-state index is 5.91. The van der Waals surface area contributed by atoms with E-state index in [-0.39, 0.29) is 0 Å². The molecule has 1 fully saturated rings. The van der Waals surface area contributed by atoms with Gasteiger partial charge in [-0.3, -0.25) is 4.68 Å². The number of aromatic nitrogens is 2. The summed E-state index contributed by atoms with van der Waals surface area (Å²) in [6, 6.07) is 0. The quantitative estimate of drug-likeness (QED) is 0.869. The fourth-order valence-corrected chi connectivity index (χ4v) is 3.32. The predicted octanol–water partition coefficient (Wildman–Crippen LogP) is 1.12. The summed E-state index contributed by atoms with van der Waals surface area (Å²) in [5.41, 5.74) is 7.24. The van der Waals surface area contributed by atoms with Crippen molar-refractivity contribution in [2.45, 2.75) is 24.0 Å². The lowest BCUT2D eigenvalue weighted by Gasteiger charge is -2.40. The molecule has 1 aliphatic heterocycles. The standard InChI is InChI=1S/C13H24N4S/c1-16-10-12(9-15-16)3-6-17-7-4-13(11-14,18-2)5-8-17/h9-10H,3-8,11,14H2,1-2H3. The number of hydrogen-bond acceptors (Lipinski definition) is 4. The zero-order valence-electron chi connectivity index (χ0n) is 11.4. The summed E-state index contributed by atoms with van der Waals surface area (Å²) in [4.78, 5) is 2.55. The van der Waals surface area contributed by atoms with Crippen LogP contribution in [0.5, 0.6) is 0 Å². The fraction of sp³-hybridized carbons (Fsp3) is 0.769. The van der Waals surface area contributed by atoms with E-state index in [1.807, 2.05) is 29.7 Å². The van der Waals surface area contributed by atoms with E-state index in [9.17, 15) is 0 Å². The smallest absolute Gasteiger partial charge is 0.0522 e. The van der Waals surface area contributed by atoms with Crippen molar-refractivity contribution < 1.29 is 0 Å². The van der Waals surface area contributed by atoms with Gasteiger partial charge in [0, 0.05) is 31.1 Å². The topological polar surface area (TPSA) is 47.1 Å². The monoisotopic (exact) mass is 268 g/mol. The number of nitrogens with two attached hydrogens (primary N) is 1. The lowest BCUT2D eigenvalue weighted by Crippen LogP contribution is -2.46. The molecule has 0 aromatic carbocycles. The Kier molecular flexibility index (Phi) is 4.70. The minimum absolute atomic E-state index is 0.338. The Bertz CT molecular complexity index is 363. The lowest BCUT2D eigenvalue weighted by atomic mass is 9.95. The van der Waals surface area contributed by atoms with E-state index in [2.05, 4.69) is 22.5 Å². The number of thioether (sulfide) groups is 1. The minimum Gasteiger partial charge on any atom is -0.329 e. The normalized spacial score (nSPS) is 20.2. The minimum atomic E-state index is 0.338. The molecule has 0 atom stereocenters. The Hall–Kier alpha value is -0.520. The summed E-state index contributed by atoms with van der Waals surface area (Å²) in [7, 11) is 1.97. The van der Waals surface area contributed by atoms with Gasteiger partial charge in [-0.25, -0.2) is 0 Å². The highest BCUT2D eigenvalue weighted by Crippen LogP contribution is 2.33. The molecular formula is C13H24N4S. The van der Waals surface area contributed by atoms with Crippen LogP contribution in [0, 0.1) is 0 Å². The summed E-state index contributed by atoms with van der Waals surface area (Å²) < 4.78 is 2.21. The SMILES string of the molecule is CSC1(CN)CCN(CCc2cnn(C)c2)CC1. The Balaban J connectivity index is 1.77. The zero-order valence-corrected chi connectivity index (χ0v) is 12.2. The number of piperidine rings is 1. The number of rotatable bonds is 5. The van der Waals surface area contributed by atoms with Gasteiger partial charge in [-0.2, -0.15) is 16.9 Å². The average Bonchev–Trinajstić information content (AvgIpc) is 2.83. The average molecular weight is 268 g/mol. The molecule has 0 bridgehead atoms. The lowest BCUT2D eigenvalue weighted by molar-refractivity contribution is 0.204.